The summed E-state index contributed by atoms with van der Waals surface area (Å²) in [5, 5.41) is 22.1. The molecule has 0 bridgehead atoms. The molecule has 0 spiro atoms. The maximum Gasteiger partial charge on any atom is 0.407 e. The topological polar surface area (TPSA) is 95.9 Å². The largest absolute Gasteiger partial charge is 0.508 e. The zero-order valence-corrected chi connectivity index (χ0v) is 21.3. The van der Waals surface area contributed by atoms with Gasteiger partial charge in [-0.05, 0) is 76.3 Å². The van der Waals surface area contributed by atoms with Gasteiger partial charge in [-0.1, -0.05) is 79.7 Å². The molecule has 3 N–H and O–H groups in total. The second kappa shape index (κ2) is 11.0. The minimum Gasteiger partial charge on any atom is -0.508 e. The monoisotopic (exact) mass is 509 g/mol. The van der Waals surface area contributed by atoms with E-state index in [1.54, 1.807) is 12.1 Å². The van der Waals surface area contributed by atoms with Crippen LogP contribution in [0.4, 0.5) is 4.79 Å². The first-order valence-electron chi connectivity index (χ1n) is 13.0. The van der Waals surface area contributed by atoms with Gasteiger partial charge in [-0.25, -0.2) is 9.59 Å². The van der Waals surface area contributed by atoms with E-state index in [0.29, 0.717) is 6.42 Å². The lowest BCUT2D eigenvalue weighted by Gasteiger charge is -2.22. The highest BCUT2D eigenvalue weighted by molar-refractivity contribution is 5.81. The van der Waals surface area contributed by atoms with E-state index in [-0.39, 0.29) is 30.6 Å². The molecule has 0 aromatic heterocycles. The van der Waals surface area contributed by atoms with Crippen LogP contribution in [-0.4, -0.2) is 34.9 Å². The number of alkyl carbamates (subject to hydrolysis) is 1. The predicted octanol–water partition coefficient (Wildman–Crippen LogP) is 6.30. The van der Waals surface area contributed by atoms with Gasteiger partial charge in [0, 0.05) is 5.92 Å². The number of rotatable bonds is 8. The molecule has 3 aromatic rings. The van der Waals surface area contributed by atoms with Crippen molar-refractivity contribution in [1.82, 2.24) is 5.32 Å². The number of aliphatic carboxylic acids is 1. The van der Waals surface area contributed by atoms with Crippen LogP contribution in [-0.2, 0) is 16.0 Å². The maximum atomic E-state index is 12.7. The van der Waals surface area contributed by atoms with Crippen LogP contribution < -0.4 is 5.32 Å². The normalized spacial score (nSPS) is 16.8. The summed E-state index contributed by atoms with van der Waals surface area (Å²) in [6, 6.07) is 20.4. The van der Waals surface area contributed by atoms with Gasteiger partial charge in [0.05, 0.1) is 0 Å². The second-order valence-electron chi connectivity index (χ2n) is 9.81. The van der Waals surface area contributed by atoms with Gasteiger partial charge in [-0.2, -0.15) is 0 Å². The molecule has 3 aromatic carbocycles. The van der Waals surface area contributed by atoms with Gasteiger partial charge >= 0.3 is 12.1 Å². The fourth-order valence-corrected chi connectivity index (χ4v) is 5.50. The van der Waals surface area contributed by atoms with E-state index in [0.717, 1.165) is 45.4 Å². The average Bonchev–Trinajstić information content (AvgIpc) is 3.25. The van der Waals surface area contributed by atoms with E-state index in [4.69, 9.17) is 4.74 Å². The summed E-state index contributed by atoms with van der Waals surface area (Å²) < 4.78 is 5.56. The quantitative estimate of drug-likeness (QED) is 0.331. The Balaban J connectivity index is 1.19. The van der Waals surface area contributed by atoms with Crippen molar-refractivity contribution < 1.29 is 24.5 Å². The fraction of sp³-hybridized carbons (Fsp3) is 0.250. The number of carbonyl (C=O) groups is 2. The Morgan fingerprint density at radius 3 is 2.29 bits per heavy atom. The van der Waals surface area contributed by atoms with Gasteiger partial charge in [-0.15, -0.1) is 0 Å². The summed E-state index contributed by atoms with van der Waals surface area (Å²) in [4.78, 5) is 24.6. The number of phenols is 1. The first-order valence-corrected chi connectivity index (χ1v) is 13.0. The van der Waals surface area contributed by atoms with Crippen LogP contribution in [0.3, 0.4) is 0 Å². The lowest BCUT2D eigenvalue weighted by atomic mass is 9.87. The Morgan fingerprint density at radius 2 is 1.68 bits per heavy atom. The summed E-state index contributed by atoms with van der Waals surface area (Å²) in [5.74, 6) is -0.967. The molecule has 0 saturated heterocycles. The van der Waals surface area contributed by atoms with E-state index in [1.807, 2.05) is 61.5 Å². The highest BCUT2D eigenvalue weighted by Gasteiger charge is 2.30. The van der Waals surface area contributed by atoms with Gasteiger partial charge in [0.25, 0.3) is 0 Å². The minimum absolute atomic E-state index is 0.0315. The zero-order chi connectivity index (χ0) is 26.6. The summed E-state index contributed by atoms with van der Waals surface area (Å²) in [7, 11) is 0. The molecule has 6 nitrogen and oxygen atoms in total. The number of aromatic hydroxyl groups is 1. The highest BCUT2D eigenvalue weighted by Crippen LogP contribution is 2.44. The molecule has 1 unspecified atom stereocenters. The maximum absolute atomic E-state index is 12.7. The Morgan fingerprint density at radius 1 is 1.00 bits per heavy atom. The van der Waals surface area contributed by atoms with Crippen molar-refractivity contribution in [3.8, 4) is 16.9 Å². The Hall–Kier alpha value is -4.32. The summed E-state index contributed by atoms with van der Waals surface area (Å²) in [6.45, 7) is 2.18. The first-order chi connectivity index (χ1) is 18.4. The van der Waals surface area contributed by atoms with E-state index in [9.17, 15) is 19.8 Å². The molecule has 194 valence electrons. The van der Waals surface area contributed by atoms with Crippen molar-refractivity contribution in [2.75, 3.05) is 6.61 Å². The van der Waals surface area contributed by atoms with E-state index >= 15 is 0 Å². The number of phenolic OH excluding ortho intramolecular Hbond substituents is 1. The van der Waals surface area contributed by atoms with Crippen LogP contribution in [0.2, 0.25) is 0 Å². The molecule has 0 saturated carbocycles. The number of allylic oxidation sites excluding steroid dienone is 4. The fourth-order valence-electron chi connectivity index (χ4n) is 5.50. The Bertz CT molecular complexity index is 1380. The molecule has 38 heavy (non-hydrogen) atoms. The van der Waals surface area contributed by atoms with Crippen molar-refractivity contribution in [1.29, 1.82) is 0 Å². The number of amides is 1. The smallest absolute Gasteiger partial charge is 0.407 e. The molecule has 2 aliphatic carbocycles. The number of hydrogen-bond donors (Lipinski definition) is 3. The van der Waals surface area contributed by atoms with E-state index in [1.165, 1.54) is 0 Å². The number of carbonyl (C=O) groups excluding carboxylic acids is 1. The minimum atomic E-state index is -1.09. The van der Waals surface area contributed by atoms with Gasteiger partial charge in [-0.3, -0.25) is 0 Å². The summed E-state index contributed by atoms with van der Waals surface area (Å²) in [6.07, 6.45) is 7.06. The van der Waals surface area contributed by atoms with Crippen LogP contribution in [0, 0.1) is 5.92 Å². The molecule has 0 heterocycles. The average molecular weight is 510 g/mol. The number of benzene rings is 3. The molecular formula is C32H31NO5. The molecule has 1 amide bonds. The number of carboxylic acid groups (broad SMARTS) is 1. The zero-order valence-electron chi connectivity index (χ0n) is 21.3. The Kier molecular flexibility index (Phi) is 7.31. The van der Waals surface area contributed by atoms with Gasteiger partial charge in [0.15, 0.2) is 0 Å². The molecular weight excluding hydrogens is 478 g/mol. The van der Waals surface area contributed by atoms with Crippen molar-refractivity contribution in [2.24, 2.45) is 5.92 Å². The van der Waals surface area contributed by atoms with Crippen LogP contribution in [0.5, 0.6) is 5.75 Å². The lowest BCUT2D eigenvalue weighted by Crippen LogP contribution is -2.42. The number of fused-ring (bicyclic) bond motifs is 3. The molecule has 0 fully saturated rings. The molecule has 5 rings (SSSR count). The first kappa shape index (κ1) is 25.3. The second-order valence-corrected chi connectivity index (χ2v) is 9.81. The number of carboxylic acids is 1. The molecule has 2 aliphatic rings. The number of nitrogens with one attached hydrogen (secondary N) is 1. The van der Waals surface area contributed by atoms with Crippen molar-refractivity contribution >= 4 is 17.6 Å². The van der Waals surface area contributed by atoms with Gasteiger partial charge < -0.3 is 20.3 Å². The third-order valence-corrected chi connectivity index (χ3v) is 7.44. The number of hydrogen-bond acceptors (Lipinski definition) is 4. The van der Waals surface area contributed by atoms with Gasteiger partial charge in [0.1, 0.15) is 18.4 Å². The van der Waals surface area contributed by atoms with Gasteiger partial charge in [0.2, 0.25) is 0 Å². The summed E-state index contributed by atoms with van der Waals surface area (Å²) in [5.41, 5.74) is 7.64. The molecule has 0 radical (unpaired) electrons. The third-order valence-electron chi connectivity index (χ3n) is 7.44. The SMILES string of the molecule is CCc1cc(O)ccc1C1=CCC(C[C@H](NC(=O)OCC2c3ccccc3-c3ccccc32)C(=O)O)C=C1. The summed E-state index contributed by atoms with van der Waals surface area (Å²) >= 11 is 0. The highest BCUT2D eigenvalue weighted by atomic mass is 16.5. The predicted molar refractivity (Wildman–Crippen MR) is 147 cm³/mol. The van der Waals surface area contributed by atoms with Crippen molar-refractivity contribution in [2.45, 2.75) is 38.1 Å². The molecule has 0 aliphatic heterocycles. The third kappa shape index (κ3) is 5.21. The standard InChI is InChI=1S/C32H31NO5/c1-2-21-18-23(34)15-16-24(21)22-13-11-20(12-14-22)17-30(31(35)36)33-32(37)38-19-29-27-9-5-3-7-25(27)26-8-4-6-10-28(26)29/h3-11,13-16,18,20,29-30,34H,2,12,17,19H2,1H3,(H,33,37)(H,35,36)/t20?,30-/m0/s1. The van der Waals surface area contributed by atoms with Crippen LogP contribution >= 0.6 is 0 Å². The lowest BCUT2D eigenvalue weighted by molar-refractivity contribution is -0.139. The number of aryl methyl sites for hydroxylation is 1. The number of ether oxygens (including phenoxy) is 1. The Labute approximate surface area is 222 Å². The molecule has 2 atom stereocenters. The van der Waals surface area contributed by atoms with E-state index in [2.05, 4.69) is 23.5 Å². The van der Waals surface area contributed by atoms with Crippen LogP contribution in [0.15, 0.2) is 85.0 Å². The molecule has 6 heteroatoms. The van der Waals surface area contributed by atoms with E-state index < -0.39 is 18.1 Å². The van der Waals surface area contributed by atoms with Crippen LogP contribution in [0.1, 0.15) is 47.9 Å². The van der Waals surface area contributed by atoms with Crippen molar-refractivity contribution in [3.63, 3.8) is 0 Å². The van der Waals surface area contributed by atoms with Crippen molar-refractivity contribution in [3.05, 3.63) is 107 Å². The van der Waals surface area contributed by atoms with Crippen LogP contribution in [0.25, 0.3) is 16.7 Å².